The minimum atomic E-state index is -4.14. The molecule has 2 rings (SSSR count). The zero-order valence-electron chi connectivity index (χ0n) is 10.6. The lowest BCUT2D eigenvalue weighted by Gasteiger charge is -2.11. The molecule has 7 nitrogen and oxygen atoms in total. The van der Waals surface area contributed by atoms with Crippen LogP contribution < -0.4 is 10.5 Å². The van der Waals surface area contributed by atoms with Crippen LogP contribution in [0.4, 0.5) is 10.1 Å². The van der Waals surface area contributed by atoms with Crippen molar-refractivity contribution in [1.82, 2.24) is 19.5 Å². The summed E-state index contributed by atoms with van der Waals surface area (Å²) in [6.07, 6.45) is 1.42. The Kier molecular flexibility index (Phi) is 4.51. The summed E-state index contributed by atoms with van der Waals surface area (Å²) in [4.78, 5) is -0.629. The van der Waals surface area contributed by atoms with Crippen molar-refractivity contribution in [2.24, 2.45) is 7.05 Å². The van der Waals surface area contributed by atoms with Gasteiger partial charge in [0, 0.05) is 7.05 Å². The second-order valence-corrected chi connectivity index (χ2v) is 7.02. The molecule has 1 aromatic carbocycles. The Balaban J connectivity index is 2.34. The Hall–Kier alpha value is -1.23. The number of rotatable bonds is 4. The summed E-state index contributed by atoms with van der Waals surface area (Å²) >= 11 is 8.79. The normalized spacial score (nSPS) is 11.8. The fourth-order valence-electron chi connectivity index (χ4n) is 1.50. The molecule has 0 aliphatic carbocycles. The highest BCUT2D eigenvalue weighted by atomic mass is 79.9. The number of aryl methyl sites for hydroxylation is 1. The van der Waals surface area contributed by atoms with Gasteiger partial charge in [-0.3, -0.25) is 0 Å². The van der Waals surface area contributed by atoms with Crippen molar-refractivity contribution >= 4 is 43.2 Å². The first-order valence-electron chi connectivity index (χ1n) is 5.49. The fourth-order valence-corrected chi connectivity index (χ4v) is 3.16. The number of hydrogen-bond acceptors (Lipinski definition) is 5. The molecule has 11 heteroatoms. The summed E-state index contributed by atoms with van der Waals surface area (Å²) in [5.41, 5.74) is 5.10. The molecule has 0 aliphatic heterocycles. The lowest BCUT2D eigenvalue weighted by Crippen LogP contribution is -2.26. The maximum Gasteiger partial charge on any atom is 0.244 e. The molecular weight excluding hydrogens is 389 g/mol. The lowest BCUT2D eigenvalue weighted by atomic mass is 10.3. The number of benzene rings is 1. The van der Waals surface area contributed by atoms with E-state index in [2.05, 4.69) is 30.8 Å². The molecule has 0 spiro atoms. The van der Waals surface area contributed by atoms with E-state index in [4.69, 9.17) is 17.3 Å². The summed E-state index contributed by atoms with van der Waals surface area (Å²) in [6, 6.07) is 0.982. The Morgan fingerprint density at radius 2 is 2.24 bits per heavy atom. The topological polar surface area (TPSA) is 103 Å². The first-order chi connectivity index (χ1) is 9.74. The van der Waals surface area contributed by atoms with E-state index in [1.807, 2.05) is 0 Å². The first-order valence-corrected chi connectivity index (χ1v) is 8.15. The Morgan fingerprint density at radius 1 is 1.57 bits per heavy atom. The van der Waals surface area contributed by atoms with Crippen molar-refractivity contribution in [3.05, 3.63) is 33.5 Å². The molecule has 0 radical (unpaired) electrons. The van der Waals surface area contributed by atoms with Gasteiger partial charge in [-0.1, -0.05) is 11.6 Å². The quantitative estimate of drug-likeness (QED) is 0.599. The van der Waals surface area contributed by atoms with E-state index in [1.54, 1.807) is 7.05 Å². The van der Waals surface area contributed by atoms with Crippen LogP contribution in [0.3, 0.4) is 0 Å². The highest BCUT2D eigenvalue weighted by molar-refractivity contribution is 9.10. The van der Waals surface area contributed by atoms with Crippen LogP contribution in [0.2, 0.25) is 5.02 Å². The largest absolute Gasteiger partial charge is 0.395 e. The van der Waals surface area contributed by atoms with Gasteiger partial charge in [0.1, 0.15) is 17.0 Å². The number of anilines is 1. The van der Waals surface area contributed by atoms with Crippen LogP contribution in [0.5, 0.6) is 0 Å². The van der Waals surface area contributed by atoms with Crippen molar-refractivity contribution in [2.75, 3.05) is 5.73 Å². The van der Waals surface area contributed by atoms with Crippen LogP contribution in [-0.2, 0) is 23.6 Å². The molecule has 1 aromatic heterocycles. The SMILES string of the molecule is Cn1cnnc1CNS(=O)(=O)c1cc(Cl)c(Br)c(N)c1F. The molecule has 3 N–H and O–H groups in total. The molecule has 0 atom stereocenters. The monoisotopic (exact) mass is 397 g/mol. The zero-order chi connectivity index (χ0) is 15.8. The third-order valence-electron chi connectivity index (χ3n) is 2.67. The highest BCUT2D eigenvalue weighted by Crippen LogP contribution is 2.34. The van der Waals surface area contributed by atoms with Crippen LogP contribution >= 0.6 is 27.5 Å². The standard InChI is InChI=1S/C10H10BrClFN5O2S/c1-18-4-15-17-7(18)3-16-21(19,20)6-2-5(12)8(11)10(14)9(6)13/h2,4,16H,3,14H2,1H3. The third kappa shape index (κ3) is 3.18. The number of hydrogen-bond donors (Lipinski definition) is 2. The fraction of sp³-hybridized carbons (Fsp3) is 0.200. The average molecular weight is 399 g/mol. The average Bonchev–Trinajstić information content (AvgIpc) is 2.83. The van der Waals surface area contributed by atoms with Gasteiger partial charge in [-0.2, -0.15) is 0 Å². The number of nitrogens with two attached hydrogens (primary N) is 1. The van der Waals surface area contributed by atoms with Crippen molar-refractivity contribution in [3.63, 3.8) is 0 Å². The van der Waals surface area contributed by atoms with Gasteiger partial charge in [-0.15, -0.1) is 10.2 Å². The molecule has 0 bridgehead atoms. The molecule has 21 heavy (non-hydrogen) atoms. The summed E-state index contributed by atoms with van der Waals surface area (Å²) in [7, 11) is -2.49. The Labute approximate surface area is 133 Å². The predicted octanol–water partition coefficient (Wildman–Crippen LogP) is 1.43. The summed E-state index contributed by atoms with van der Waals surface area (Å²) in [5, 5.41) is 7.32. The third-order valence-corrected chi connectivity index (χ3v) is 5.45. The van der Waals surface area contributed by atoms with E-state index in [0.29, 0.717) is 5.82 Å². The van der Waals surface area contributed by atoms with Gasteiger partial charge < -0.3 is 10.3 Å². The molecule has 0 saturated carbocycles. The number of sulfonamides is 1. The van der Waals surface area contributed by atoms with Gasteiger partial charge in [0.05, 0.1) is 21.7 Å². The van der Waals surface area contributed by atoms with Crippen LogP contribution in [0.15, 0.2) is 21.8 Å². The van der Waals surface area contributed by atoms with Gasteiger partial charge in [-0.05, 0) is 22.0 Å². The minimum Gasteiger partial charge on any atom is -0.395 e. The van der Waals surface area contributed by atoms with Gasteiger partial charge in [0.15, 0.2) is 5.82 Å². The summed E-state index contributed by atoms with van der Waals surface area (Å²) in [5.74, 6) is -0.702. The lowest BCUT2D eigenvalue weighted by molar-refractivity contribution is 0.556. The molecule has 0 saturated heterocycles. The van der Waals surface area contributed by atoms with E-state index >= 15 is 0 Å². The van der Waals surface area contributed by atoms with Gasteiger partial charge in [0.2, 0.25) is 10.0 Å². The summed E-state index contributed by atoms with van der Waals surface area (Å²) in [6.45, 7) is -0.147. The molecule has 0 aliphatic rings. The first kappa shape index (κ1) is 16.1. The summed E-state index contributed by atoms with van der Waals surface area (Å²) < 4.78 is 42.1. The van der Waals surface area contributed by atoms with Crippen LogP contribution in [-0.4, -0.2) is 23.2 Å². The van der Waals surface area contributed by atoms with E-state index in [0.717, 1.165) is 6.07 Å². The molecular formula is C10H10BrClFN5O2S. The van der Waals surface area contributed by atoms with Gasteiger partial charge in [-0.25, -0.2) is 17.5 Å². The van der Waals surface area contributed by atoms with E-state index in [-0.39, 0.29) is 21.7 Å². The second kappa shape index (κ2) is 5.87. The molecule has 0 amide bonds. The number of aromatic nitrogens is 3. The maximum absolute atomic E-state index is 14.0. The highest BCUT2D eigenvalue weighted by Gasteiger charge is 2.24. The van der Waals surface area contributed by atoms with E-state index in [9.17, 15) is 12.8 Å². The molecule has 0 fully saturated rings. The van der Waals surface area contributed by atoms with Gasteiger partial charge >= 0.3 is 0 Å². The Morgan fingerprint density at radius 3 is 2.81 bits per heavy atom. The number of nitrogens with zero attached hydrogens (tertiary/aromatic N) is 3. The number of nitrogens with one attached hydrogen (secondary N) is 1. The van der Waals surface area contributed by atoms with Crippen LogP contribution in [0, 0.1) is 5.82 Å². The molecule has 114 valence electrons. The molecule has 1 heterocycles. The van der Waals surface area contributed by atoms with Crippen LogP contribution in [0.25, 0.3) is 0 Å². The number of halogens is 3. The van der Waals surface area contributed by atoms with Crippen molar-refractivity contribution in [1.29, 1.82) is 0 Å². The smallest absolute Gasteiger partial charge is 0.244 e. The van der Waals surface area contributed by atoms with Crippen molar-refractivity contribution < 1.29 is 12.8 Å². The number of nitrogen functional groups attached to an aromatic ring is 1. The van der Waals surface area contributed by atoms with E-state index in [1.165, 1.54) is 10.9 Å². The van der Waals surface area contributed by atoms with Crippen LogP contribution in [0.1, 0.15) is 5.82 Å². The maximum atomic E-state index is 14.0. The second-order valence-electron chi connectivity index (χ2n) is 4.08. The van der Waals surface area contributed by atoms with Gasteiger partial charge in [0.25, 0.3) is 0 Å². The van der Waals surface area contributed by atoms with E-state index < -0.39 is 20.7 Å². The van der Waals surface area contributed by atoms with Crippen molar-refractivity contribution in [3.8, 4) is 0 Å². The molecule has 0 unspecified atom stereocenters. The Bertz CT molecular complexity index is 795. The minimum absolute atomic E-state index is 0.00654. The molecule has 2 aromatic rings. The van der Waals surface area contributed by atoms with Crippen molar-refractivity contribution in [2.45, 2.75) is 11.4 Å². The zero-order valence-corrected chi connectivity index (χ0v) is 13.8. The predicted molar refractivity (Wildman–Crippen MR) is 78.6 cm³/mol.